The highest BCUT2D eigenvalue weighted by molar-refractivity contribution is 9.11. The van der Waals surface area contributed by atoms with E-state index in [0.717, 1.165) is 0 Å². The highest BCUT2D eigenvalue weighted by Gasteiger charge is 2.15. The van der Waals surface area contributed by atoms with Crippen LogP contribution in [0.2, 0.25) is 0 Å². The number of aryl methyl sites for hydroxylation is 2. The van der Waals surface area contributed by atoms with Gasteiger partial charge in [-0.25, -0.2) is 0 Å². The molecular weight excluding hydrogens is 744 g/mol. The maximum atomic E-state index is 3.76. The molecule has 4 aromatic heterocycles. The first-order valence-corrected chi connectivity index (χ1v) is 20.7. The molecule has 0 radical (unpaired) electrons. The van der Waals surface area contributed by atoms with Crippen LogP contribution in [0.4, 0.5) is 0 Å². The van der Waals surface area contributed by atoms with Gasteiger partial charge in [0.1, 0.15) is 0 Å². The van der Waals surface area contributed by atoms with Crippen LogP contribution in [0.25, 0.3) is 51.2 Å². The minimum atomic E-state index is 1.17. The number of halogens is 2. The fourth-order valence-electron chi connectivity index (χ4n) is 5.85. The Morgan fingerprint density at radius 1 is 0.455 bits per heavy atom. The van der Waals surface area contributed by atoms with Gasteiger partial charge in [0, 0.05) is 29.3 Å². The van der Waals surface area contributed by atoms with E-state index in [2.05, 4.69) is 119 Å². The van der Waals surface area contributed by atoms with Crippen LogP contribution in [0.15, 0.2) is 80.4 Å². The minimum Gasteiger partial charge on any atom is -0.134 e. The molecule has 0 bridgehead atoms. The summed E-state index contributed by atoms with van der Waals surface area (Å²) >= 11 is 15.1. The number of rotatable bonds is 14. The normalized spacial score (nSPS) is 11.6. The third-order valence-corrected chi connectivity index (χ3v) is 14.2. The van der Waals surface area contributed by atoms with Crippen LogP contribution in [-0.4, -0.2) is 0 Å². The maximum Gasteiger partial charge on any atom is 0.0708 e. The van der Waals surface area contributed by atoms with Gasteiger partial charge < -0.3 is 0 Å². The van der Waals surface area contributed by atoms with Gasteiger partial charge in [-0.1, -0.05) is 76.6 Å². The van der Waals surface area contributed by atoms with Crippen molar-refractivity contribution in [1.29, 1.82) is 0 Å². The molecule has 6 aromatic rings. The summed E-state index contributed by atoms with van der Waals surface area (Å²) in [6, 6.07) is 27.8. The predicted octanol–water partition coefficient (Wildman–Crippen LogP) is 15.5. The van der Waals surface area contributed by atoms with Gasteiger partial charge in [0.25, 0.3) is 0 Å². The first-order valence-electron chi connectivity index (χ1n) is 15.8. The zero-order valence-electron chi connectivity index (χ0n) is 25.4. The van der Waals surface area contributed by atoms with E-state index in [1.807, 2.05) is 45.3 Å². The summed E-state index contributed by atoms with van der Waals surface area (Å²) in [5.41, 5.74) is 5.58. The number of benzene rings is 2. The number of thiophene rings is 4. The third kappa shape index (κ3) is 7.70. The molecule has 6 heteroatoms. The summed E-state index contributed by atoms with van der Waals surface area (Å²) in [6.07, 6.45) is 12.7. The van der Waals surface area contributed by atoms with Crippen LogP contribution in [0.1, 0.15) is 76.3 Å². The third-order valence-electron chi connectivity index (χ3n) is 8.23. The molecule has 0 nitrogen and oxygen atoms in total. The molecule has 0 unspecified atom stereocenters. The number of hydrogen-bond donors (Lipinski definition) is 0. The van der Waals surface area contributed by atoms with Gasteiger partial charge in [0.2, 0.25) is 0 Å². The van der Waals surface area contributed by atoms with Crippen molar-refractivity contribution in [3.05, 3.63) is 91.5 Å². The number of fused-ring (bicyclic) bond motifs is 1. The molecule has 0 aliphatic carbocycles. The lowest BCUT2D eigenvalue weighted by Crippen LogP contribution is -1.85. The van der Waals surface area contributed by atoms with Crippen molar-refractivity contribution in [2.24, 2.45) is 0 Å². The maximum absolute atomic E-state index is 3.76. The van der Waals surface area contributed by atoms with Crippen molar-refractivity contribution in [2.75, 3.05) is 0 Å². The second-order valence-corrected chi connectivity index (χ2v) is 18.6. The smallest absolute Gasteiger partial charge is 0.0708 e. The van der Waals surface area contributed by atoms with E-state index < -0.39 is 0 Å². The summed E-state index contributed by atoms with van der Waals surface area (Å²) in [5, 5.41) is 2.59. The molecule has 44 heavy (non-hydrogen) atoms. The largest absolute Gasteiger partial charge is 0.134 e. The minimum absolute atomic E-state index is 1.17. The standard InChI is InChI=1S/C38H38Br2S4/c1-3-5-7-9-11-29-23-35(39)43-37(29)33-19-17-31(41-33)27-15-13-26-22-28(16-14-25(26)21-27)32-18-20-34(42-32)38-30(24-36(40)44-38)12-10-8-6-4-2/h13-24H,3-12H2,1-2H3. The monoisotopic (exact) mass is 780 g/mol. The second-order valence-electron chi connectivity index (χ2n) is 11.5. The van der Waals surface area contributed by atoms with E-state index in [1.54, 1.807) is 0 Å². The molecule has 2 aromatic carbocycles. The molecule has 0 saturated carbocycles. The van der Waals surface area contributed by atoms with Crippen molar-refractivity contribution in [1.82, 2.24) is 0 Å². The molecule has 228 valence electrons. The first kappa shape index (κ1) is 32.4. The molecule has 0 aliphatic heterocycles. The Labute approximate surface area is 295 Å². The highest BCUT2D eigenvalue weighted by Crippen LogP contribution is 2.44. The average molecular weight is 783 g/mol. The van der Waals surface area contributed by atoms with Gasteiger partial charge in [-0.05, 0) is 139 Å². The Morgan fingerprint density at radius 3 is 1.32 bits per heavy atom. The van der Waals surface area contributed by atoms with Gasteiger partial charge in [-0.2, -0.15) is 0 Å². The first-order chi connectivity index (χ1) is 21.5. The predicted molar refractivity (Wildman–Crippen MR) is 208 cm³/mol. The molecular formula is C38H38Br2S4. The van der Waals surface area contributed by atoms with E-state index in [4.69, 9.17) is 0 Å². The van der Waals surface area contributed by atoms with Crippen LogP contribution in [-0.2, 0) is 12.8 Å². The topological polar surface area (TPSA) is 0 Å². The fraction of sp³-hybridized carbons (Fsp3) is 0.316. The summed E-state index contributed by atoms with van der Waals surface area (Å²) in [5.74, 6) is 0. The lowest BCUT2D eigenvalue weighted by atomic mass is 10.0. The lowest BCUT2D eigenvalue weighted by Gasteiger charge is -2.05. The number of unbranched alkanes of at least 4 members (excludes halogenated alkanes) is 6. The summed E-state index contributed by atoms with van der Waals surface area (Å²) in [6.45, 7) is 4.56. The van der Waals surface area contributed by atoms with Crippen molar-refractivity contribution in [3.63, 3.8) is 0 Å². The van der Waals surface area contributed by atoms with Gasteiger partial charge >= 0.3 is 0 Å². The Bertz CT molecular complexity index is 1700. The SMILES string of the molecule is CCCCCCc1cc(Br)sc1-c1ccc(-c2ccc3cc(-c4ccc(-c5sc(Br)cc5CCCCCC)s4)ccc3c2)s1. The lowest BCUT2D eigenvalue weighted by molar-refractivity contribution is 0.668. The quantitative estimate of drug-likeness (QED) is 0.0966. The van der Waals surface area contributed by atoms with E-state index in [1.165, 1.54) is 134 Å². The molecule has 0 spiro atoms. The van der Waals surface area contributed by atoms with Gasteiger partial charge in [0.15, 0.2) is 0 Å². The molecule has 4 heterocycles. The Balaban J connectivity index is 1.19. The Morgan fingerprint density at radius 2 is 0.886 bits per heavy atom. The van der Waals surface area contributed by atoms with E-state index in [-0.39, 0.29) is 0 Å². The average Bonchev–Trinajstić information content (AvgIpc) is 3.84. The van der Waals surface area contributed by atoms with Crippen molar-refractivity contribution >= 4 is 88.0 Å². The van der Waals surface area contributed by atoms with E-state index >= 15 is 0 Å². The summed E-state index contributed by atoms with van der Waals surface area (Å²) in [7, 11) is 0. The van der Waals surface area contributed by atoms with Crippen LogP contribution < -0.4 is 0 Å². The van der Waals surface area contributed by atoms with E-state index in [0.29, 0.717) is 0 Å². The fourth-order valence-corrected chi connectivity index (χ4v) is 11.5. The van der Waals surface area contributed by atoms with Gasteiger partial charge in [-0.15, -0.1) is 45.3 Å². The molecule has 0 amide bonds. The zero-order valence-corrected chi connectivity index (χ0v) is 31.8. The van der Waals surface area contributed by atoms with Crippen molar-refractivity contribution < 1.29 is 0 Å². The van der Waals surface area contributed by atoms with Gasteiger partial charge in [-0.3, -0.25) is 0 Å². The van der Waals surface area contributed by atoms with Crippen LogP contribution in [0.3, 0.4) is 0 Å². The molecule has 0 saturated heterocycles. The van der Waals surface area contributed by atoms with Crippen LogP contribution in [0, 0.1) is 0 Å². The van der Waals surface area contributed by atoms with Gasteiger partial charge in [0.05, 0.1) is 7.57 Å². The highest BCUT2D eigenvalue weighted by atomic mass is 79.9. The number of hydrogen-bond acceptors (Lipinski definition) is 4. The zero-order chi connectivity index (χ0) is 30.5. The van der Waals surface area contributed by atoms with Crippen LogP contribution in [0.5, 0.6) is 0 Å². The Kier molecular flexibility index (Phi) is 11.3. The van der Waals surface area contributed by atoms with Crippen molar-refractivity contribution in [3.8, 4) is 40.4 Å². The van der Waals surface area contributed by atoms with Crippen LogP contribution >= 0.6 is 77.2 Å². The van der Waals surface area contributed by atoms with Crippen molar-refractivity contribution in [2.45, 2.75) is 78.1 Å². The second kappa shape index (κ2) is 15.4. The molecule has 0 fully saturated rings. The summed E-state index contributed by atoms with van der Waals surface area (Å²) in [4.78, 5) is 8.30. The molecule has 0 N–H and O–H groups in total. The van der Waals surface area contributed by atoms with E-state index in [9.17, 15) is 0 Å². The molecule has 6 rings (SSSR count). The summed E-state index contributed by atoms with van der Waals surface area (Å²) < 4.78 is 2.47. The Hall–Kier alpha value is -1.54. The molecule has 0 aliphatic rings. The molecule has 0 atom stereocenters.